The molecule has 0 aliphatic carbocycles. The molecule has 0 bridgehead atoms. The first kappa shape index (κ1) is 24.2. The van der Waals surface area contributed by atoms with Crippen LogP contribution in [0.3, 0.4) is 0 Å². The summed E-state index contributed by atoms with van der Waals surface area (Å²) in [6, 6.07) is 10.3. The van der Waals surface area contributed by atoms with Crippen molar-refractivity contribution in [1.29, 1.82) is 0 Å². The van der Waals surface area contributed by atoms with Gasteiger partial charge in [-0.25, -0.2) is 13.4 Å². The highest BCUT2D eigenvalue weighted by atomic mass is 32.2. The molecule has 8 nitrogen and oxygen atoms in total. The van der Waals surface area contributed by atoms with Gasteiger partial charge >= 0.3 is 5.97 Å². The van der Waals surface area contributed by atoms with Crippen LogP contribution in [0.15, 0.2) is 58.5 Å². The SMILES string of the molecule is CC(C)Sc1ccc(S(=O)(=O)N2CC=C(c3cn(CC(=O)O)c4nc(C=O)ccc34)CC2)cc1. The molecule has 1 aliphatic rings. The summed E-state index contributed by atoms with van der Waals surface area (Å²) in [4.78, 5) is 28.0. The van der Waals surface area contributed by atoms with E-state index in [1.807, 2.05) is 18.2 Å². The summed E-state index contributed by atoms with van der Waals surface area (Å²) in [5, 5.41) is 10.4. The largest absolute Gasteiger partial charge is 0.480 e. The van der Waals surface area contributed by atoms with E-state index < -0.39 is 16.0 Å². The molecule has 0 saturated carbocycles. The number of carbonyl (C=O) groups is 2. The Morgan fingerprint density at radius 2 is 1.94 bits per heavy atom. The molecule has 3 aromatic rings. The number of hydrogen-bond acceptors (Lipinski definition) is 6. The van der Waals surface area contributed by atoms with Gasteiger partial charge in [0.1, 0.15) is 17.9 Å². The lowest BCUT2D eigenvalue weighted by Gasteiger charge is -2.26. The Hall–Kier alpha value is -2.95. The van der Waals surface area contributed by atoms with Crippen molar-refractivity contribution in [3.63, 3.8) is 0 Å². The fourth-order valence-corrected chi connectivity index (χ4v) is 6.21. The van der Waals surface area contributed by atoms with Crippen LogP contribution in [0.5, 0.6) is 0 Å². The van der Waals surface area contributed by atoms with Gasteiger partial charge in [0.05, 0.1) is 4.90 Å². The third-order valence-corrected chi connectivity index (χ3v) is 8.42. The lowest BCUT2D eigenvalue weighted by atomic mass is 10.0. The molecular formula is C24H25N3O5S2. The van der Waals surface area contributed by atoms with Crippen molar-refractivity contribution in [3.05, 3.63) is 59.9 Å². The molecule has 2 aromatic heterocycles. The molecule has 1 N–H and O–H groups in total. The van der Waals surface area contributed by atoms with Crippen molar-refractivity contribution in [2.75, 3.05) is 13.1 Å². The predicted octanol–water partition coefficient (Wildman–Crippen LogP) is 3.91. The van der Waals surface area contributed by atoms with Gasteiger partial charge in [0, 0.05) is 40.4 Å². The van der Waals surface area contributed by atoms with Crippen molar-refractivity contribution in [1.82, 2.24) is 13.9 Å². The van der Waals surface area contributed by atoms with Crippen LogP contribution in [0.25, 0.3) is 16.6 Å². The number of rotatable bonds is 8. The number of benzene rings is 1. The van der Waals surface area contributed by atoms with Crippen LogP contribution in [-0.2, 0) is 21.4 Å². The molecule has 34 heavy (non-hydrogen) atoms. The zero-order valence-corrected chi connectivity index (χ0v) is 20.5. The molecule has 10 heteroatoms. The Balaban J connectivity index is 1.60. The number of aldehydes is 1. The number of aromatic nitrogens is 2. The minimum atomic E-state index is -3.63. The summed E-state index contributed by atoms with van der Waals surface area (Å²) < 4.78 is 29.2. The lowest BCUT2D eigenvalue weighted by molar-refractivity contribution is -0.137. The van der Waals surface area contributed by atoms with Crippen molar-refractivity contribution >= 4 is 50.6 Å². The van der Waals surface area contributed by atoms with Crippen LogP contribution in [0.4, 0.5) is 0 Å². The van der Waals surface area contributed by atoms with Gasteiger partial charge in [-0.3, -0.25) is 9.59 Å². The zero-order chi connectivity index (χ0) is 24.5. The number of sulfonamides is 1. The third kappa shape index (κ3) is 4.94. The monoisotopic (exact) mass is 499 g/mol. The molecular weight excluding hydrogens is 474 g/mol. The molecule has 4 rings (SSSR count). The van der Waals surface area contributed by atoms with E-state index >= 15 is 0 Å². The van der Waals surface area contributed by atoms with Gasteiger partial charge in [0.25, 0.3) is 0 Å². The maximum absolute atomic E-state index is 13.1. The number of nitrogens with zero attached hydrogens (tertiary/aromatic N) is 3. The van der Waals surface area contributed by atoms with Gasteiger partial charge in [-0.2, -0.15) is 4.31 Å². The highest BCUT2D eigenvalue weighted by Crippen LogP contribution is 2.32. The Bertz CT molecular complexity index is 1380. The molecule has 0 fully saturated rings. The molecule has 0 amide bonds. The fourth-order valence-electron chi connectivity index (χ4n) is 3.99. The van der Waals surface area contributed by atoms with Gasteiger partial charge in [-0.15, -0.1) is 11.8 Å². The second-order valence-corrected chi connectivity index (χ2v) is 11.9. The highest BCUT2D eigenvalue weighted by Gasteiger charge is 2.27. The van der Waals surface area contributed by atoms with E-state index in [0.29, 0.717) is 30.1 Å². The highest BCUT2D eigenvalue weighted by molar-refractivity contribution is 7.99. The van der Waals surface area contributed by atoms with E-state index in [2.05, 4.69) is 18.8 Å². The van der Waals surface area contributed by atoms with Gasteiger partial charge < -0.3 is 9.67 Å². The third-order valence-electron chi connectivity index (χ3n) is 5.52. The molecule has 0 spiro atoms. The van der Waals surface area contributed by atoms with E-state index in [4.69, 9.17) is 0 Å². The first-order valence-electron chi connectivity index (χ1n) is 10.8. The van der Waals surface area contributed by atoms with E-state index in [0.717, 1.165) is 21.4 Å². The summed E-state index contributed by atoms with van der Waals surface area (Å²) in [5.74, 6) is -1.02. The second kappa shape index (κ2) is 9.73. The van der Waals surface area contributed by atoms with Crippen molar-refractivity contribution in [3.8, 4) is 0 Å². The lowest BCUT2D eigenvalue weighted by Crippen LogP contribution is -2.34. The summed E-state index contributed by atoms with van der Waals surface area (Å²) in [5.41, 5.74) is 2.35. The number of hydrogen-bond donors (Lipinski definition) is 1. The molecule has 3 heterocycles. The van der Waals surface area contributed by atoms with Gasteiger partial charge in [-0.1, -0.05) is 19.9 Å². The molecule has 0 radical (unpaired) electrons. The number of carboxylic acid groups (broad SMARTS) is 1. The van der Waals surface area contributed by atoms with Crippen LogP contribution < -0.4 is 0 Å². The number of fused-ring (bicyclic) bond motifs is 1. The number of pyridine rings is 1. The van der Waals surface area contributed by atoms with Crippen LogP contribution >= 0.6 is 11.8 Å². The smallest absolute Gasteiger partial charge is 0.323 e. The quantitative estimate of drug-likeness (QED) is 0.370. The minimum absolute atomic E-state index is 0.214. The topological polar surface area (TPSA) is 110 Å². The Morgan fingerprint density at radius 1 is 1.21 bits per heavy atom. The summed E-state index contributed by atoms with van der Waals surface area (Å²) in [6.07, 6.45) is 4.66. The molecule has 0 unspecified atom stereocenters. The average molecular weight is 500 g/mol. The number of thioether (sulfide) groups is 1. The van der Waals surface area contributed by atoms with Gasteiger partial charge in [0.2, 0.25) is 10.0 Å². The average Bonchev–Trinajstić information content (AvgIpc) is 3.16. The minimum Gasteiger partial charge on any atom is -0.480 e. The van der Waals surface area contributed by atoms with Crippen molar-refractivity contribution < 1.29 is 23.1 Å². The Kier molecular flexibility index (Phi) is 6.92. The Labute approximate surface area is 202 Å². The maximum atomic E-state index is 13.1. The number of carbonyl (C=O) groups excluding carboxylic acids is 1. The predicted molar refractivity (Wildman–Crippen MR) is 132 cm³/mol. The van der Waals surface area contributed by atoms with Crippen LogP contribution in [0.2, 0.25) is 0 Å². The zero-order valence-electron chi connectivity index (χ0n) is 18.8. The van der Waals surface area contributed by atoms with Gasteiger partial charge in [0.15, 0.2) is 6.29 Å². The fraction of sp³-hybridized carbons (Fsp3) is 0.292. The van der Waals surface area contributed by atoms with Crippen molar-refractivity contribution in [2.45, 2.75) is 41.9 Å². The van der Waals surface area contributed by atoms with Crippen LogP contribution in [0.1, 0.15) is 36.3 Å². The van der Waals surface area contributed by atoms with E-state index in [-0.39, 0.29) is 23.7 Å². The second-order valence-electron chi connectivity index (χ2n) is 8.27. The first-order chi connectivity index (χ1) is 16.2. The maximum Gasteiger partial charge on any atom is 0.323 e. The van der Waals surface area contributed by atoms with E-state index in [9.17, 15) is 23.1 Å². The molecule has 178 valence electrons. The summed E-state index contributed by atoms with van der Waals surface area (Å²) >= 11 is 1.68. The summed E-state index contributed by atoms with van der Waals surface area (Å²) in [6.45, 7) is 4.41. The number of aliphatic carboxylic acids is 1. The molecule has 1 aliphatic heterocycles. The first-order valence-corrected chi connectivity index (χ1v) is 13.1. The Morgan fingerprint density at radius 3 is 2.53 bits per heavy atom. The van der Waals surface area contributed by atoms with Crippen LogP contribution in [0, 0.1) is 0 Å². The van der Waals surface area contributed by atoms with Gasteiger partial charge in [-0.05, 0) is 48.4 Å². The van der Waals surface area contributed by atoms with E-state index in [1.165, 1.54) is 8.87 Å². The van der Waals surface area contributed by atoms with E-state index in [1.54, 1.807) is 42.2 Å². The standard InChI is InChI=1S/C24H25N3O5S2/c1-16(2)33-19-4-6-20(7-5-19)34(31,32)27-11-9-17(10-12-27)22-13-26(14-23(29)30)24-21(22)8-3-18(15-28)25-24/h3-9,13,15-16H,10-12,14H2,1-2H3,(H,29,30). The molecule has 0 saturated heterocycles. The molecule has 0 atom stereocenters. The van der Waals surface area contributed by atoms with Crippen LogP contribution in [-0.4, -0.2) is 58.0 Å². The summed E-state index contributed by atoms with van der Waals surface area (Å²) in [7, 11) is -3.63. The molecule has 1 aromatic carbocycles. The number of carboxylic acids is 1. The van der Waals surface area contributed by atoms with Crippen molar-refractivity contribution in [2.24, 2.45) is 0 Å². The normalized spacial score (nSPS) is 15.0.